The minimum Gasteiger partial charge on any atom is -0.478 e. The maximum atomic E-state index is 11.2. The minimum atomic E-state index is -4.38. The summed E-state index contributed by atoms with van der Waals surface area (Å²) in [6.07, 6.45) is 0. The lowest BCUT2D eigenvalue weighted by Crippen LogP contribution is -2.14. The normalized spacial score (nSPS) is 10.9. The first-order valence-electron chi connectivity index (χ1n) is 5.80. The molecular formula is C13H12N2O5S. The van der Waals surface area contributed by atoms with E-state index in [0.717, 1.165) is 0 Å². The molecule has 0 bridgehead atoms. The van der Waals surface area contributed by atoms with Crippen LogP contribution in [0, 0.1) is 0 Å². The predicted octanol–water partition coefficient (Wildman–Crippen LogP) is 2.07. The first kappa shape index (κ1) is 14.8. The standard InChI is InChI=1S/C13H12N2O5S/c16-13(17)9-5-1-2-6-10(9)14-15-11-7-3-4-8-12(11)21(18,19)20/h1-8,14-15H,(H,16,17)(H,18,19,20). The van der Waals surface area contributed by atoms with E-state index < -0.39 is 16.1 Å². The summed E-state index contributed by atoms with van der Waals surface area (Å²) in [6.45, 7) is 0. The van der Waals surface area contributed by atoms with Crippen LogP contribution in [0.5, 0.6) is 0 Å². The number of carboxylic acid groups (broad SMARTS) is 1. The van der Waals surface area contributed by atoms with Crippen LogP contribution in [-0.2, 0) is 10.1 Å². The first-order chi connectivity index (χ1) is 9.89. The van der Waals surface area contributed by atoms with Gasteiger partial charge in [0, 0.05) is 0 Å². The second kappa shape index (κ2) is 5.81. The number of carboxylic acids is 1. The Labute approximate surface area is 121 Å². The van der Waals surface area contributed by atoms with Crippen molar-refractivity contribution in [2.45, 2.75) is 4.90 Å². The molecule has 21 heavy (non-hydrogen) atoms. The fourth-order valence-corrected chi connectivity index (χ4v) is 2.36. The highest BCUT2D eigenvalue weighted by atomic mass is 32.2. The third-order valence-corrected chi connectivity index (χ3v) is 3.57. The average Bonchev–Trinajstić information content (AvgIpc) is 2.44. The lowest BCUT2D eigenvalue weighted by Gasteiger charge is -2.13. The second-order valence-corrected chi connectivity index (χ2v) is 5.46. The molecule has 2 rings (SSSR count). The topological polar surface area (TPSA) is 116 Å². The number of aromatic carboxylic acids is 1. The molecule has 0 atom stereocenters. The van der Waals surface area contributed by atoms with Gasteiger partial charge in [0.2, 0.25) is 0 Å². The van der Waals surface area contributed by atoms with Crippen LogP contribution in [0.3, 0.4) is 0 Å². The van der Waals surface area contributed by atoms with Crippen molar-refractivity contribution >= 4 is 27.5 Å². The van der Waals surface area contributed by atoms with E-state index in [9.17, 15) is 13.2 Å². The lowest BCUT2D eigenvalue weighted by atomic mass is 10.2. The van der Waals surface area contributed by atoms with E-state index >= 15 is 0 Å². The molecule has 0 spiro atoms. The van der Waals surface area contributed by atoms with Crippen molar-refractivity contribution in [3.63, 3.8) is 0 Å². The van der Waals surface area contributed by atoms with E-state index in [2.05, 4.69) is 10.9 Å². The molecule has 0 aliphatic carbocycles. The van der Waals surface area contributed by atoms with Gasteiger partial charge in [0.05, 0.1) is 16.9 Å². The van der Waals surface area contributed by atoms with Crippen LogP contribution in [0.25, 0.3) is 0 Å². The molecule has 8 heteroatoms. The van der Waals surface area contributed by atoms with E-state index in [-0.39, 0.29) is 21.8 Å². The Hall–Kier alpha value is -2.58. The molecule has 7 nitrogen and oxygen atoms in total. The Balaban J connectivity index is 2.28. The van der Waals surface area contributed by atoms with Crippen molar-refractivity contribution in [1.82, 2.24) is 0 Å². The van der Waals surface area contributed by atoms with Gasteiger partial charge in [-0.2, -0.15) is 8.42 Å². The highest BCUT2D eigenvalue weighted by molar-refractivity contribution is 7.86. The third kappa shape index (κ3) is 3.50. The van der Waals surface area contributed by atoms with E-state index in [1.165, 1.54) is 30.3 Å². The van der Waals surface area contributed by atoms with Gasteiger partial charge in [-0.05, 0) is 24.3 Å². The minimum absolute atomic E-state index is 0.0225. The summed E-state index contributed by atoms with van der Waals surface area (Å²) in [6, 6.07) is 11.8. The summed E-state index contributed by atoms with van der Waals surface area (Å²) < 4.78 is 31.6. The van der Waals surface area contributed by atoms with Gasteiger partial charge in [-0.15, -0.1) is 0 Å². The summed E-state index contributed by atoms with van der Waals surface area (Å²) >= 11 is 0. The fraction of sp³-hybridized carbons (Fsp3) is 0. The Kier molecular flexibility index (Phi) is 4.10. The van der Waals surface area contributed by atoms with Crippen LogP contribution >= 0.6 is 0 Å². The lowest BCUT2D eigenvalue weighted by molar-refractivity contribution is 0.0698. The van der Waals surface area contributed by atoms with Gasteiger partial charge < -0.3 is 5.11 Å². The molecule has 0 unspecified atom stereocenters. The average molecular weight is 308 g/mol. The zero-order valence-electron chi connectivity index (χ0n) is 10.6. The number of anilines is 2. The second-order valence-electron chi connectivity index (χ2n) is 4.07. The van der Waals surface area contributed by atoms with Gasteiger partial charge in [0.15, 0.2) is 0 Å². The van der Waals surface area contributed by atoms with Gasteiger partial charge in [-0.1, -0.05) is 24.3 Å². The maximum absolute atomic E-state index is 11.2. The molecule has 110 valence electrons. The largest absolute Gasteiger partial charge is 0.478 e. The van der Waals surface area contributed by atoms with Crippen LogP contribution in [0.2, 0.25) is 0 Å². The SMILES string of the molecule is O=C(O)c1ccccc1NNc1ccccc1S(=O)(=O)O. The number of hydrogen-bond donors (Lipinski definition) is 4. The molecule has 0 fully saturated rings. The summed E-state index contributed by atoms with van der Waals surface area (Å²) in [7, 11) is -4.38. The molecule has 2 aromatic carbocycles. The Morgan fingerprint density at radius 3 is 2.05 bits per heavy atom. The smallest absolute Gasteiger partial charge is 0.337 e. The zero-order valence-corrected chi connectivity index (χ0v) is 11.5. The Bertz CT molecular complexity index is 774. The van der Waals surface area contributed by atoms with E-state index in [1.54, 1.807) is 18.2 Å². The molecule has 0 amide bonds. The number of carbonyl (C=O) groups is 1. The van der Waals surface area contributed by atoms with Crippen LogP contribution in [0.4, 0.5) is 11.4 Å². The Morgan fingerprint density at radius 1 is 0.905 bits per heavy atom. The fourth-order valence-electron chi connectivity index (χ4n) is 1.71. The van der Waals surface area contributed by atoms with Gasteiger partial charge in [0.1, 0.15) is 4.90 Å². The van der Waals surface area contributed by atoms with Crippen molar-refractivity contribution < 1.29 is 22.9 Å². The molecule has 0 aliphatic rings. The highest BCUT2D eigenvalue weighted by Crippen LogP contribution is 2.21. The molecule has 2 aromatic rings. The van der Waals surface area contributed by atoms with Crippen LogP contribution < -0.4 is 10.9 Å². The summed E-state index contributed by atoms with van der Waals surface area (Å²) in [5, 5.41) is 9.04. The van der Waals surface area contributed by atoms with Crippen LogP contribution in [-0.4, -0.2) is 24.0 Å². The van der Waals surface area contributed by atoms with Crippen molar-refractivity contribution in [3.05, 3.63) is 54.1 Å². The third-order valence-electron chi connectivity index (χ3n) is 2.65. The Morgan fingerprint density at radius 2 is 1.43 bits per heavy atom. The van der Waals surface area contributed by atoms with Crippen molar-refractivity contribution in [3.8, 4) is 0 Å². The zero-order chi connectivity index (χ0) is 15.5. The number of hydrazine groups is 1. The van der Waals surface area contributed by atoms with Crippen molar-refractivity contribution in [1.29, 1.82) is 0 Å². The summed E-state index contributed by atoms with van der Waals surface area (Å²) in [4.78, 5) is 10.7. The number of nitrogens with one attached hydrogen (secondary N) is 2. The van der Waals surface area contributed by atoms with E-state index in [4.69, 9.17) is 9.66 Å². The van der Waals surface area contributed by atoms with Crippen LogP contribution in [0.15, 0.2) is 53.4 Å². The molecule has 0 radical (unpaired) electrons. The number of hydrogen-bond acceptors (Lipinski definition) is 5. The number of benzene rings is 2. The summed E-state index contributed by atoms with van der Waals surface area (Å²) in [5.74, 6) is -1.12. The summed E-state index contributed by atoms with van der Waals surface area (Å²) in [5.41, 5.74) is 5.58. The van der Waals surface area contributed by atoms with Gasteiger partial charge >= 0.3 is 5.97 Å². The molecule has 0 aromatic heterocycles. The van der Waals surface area contributed by atoms with E-state index in [1.807, 2.05) is 0 Å². The van der Waals surface area contributed by atoms with Gasteiger partial charge in [-0.3, -0.25) is 15.4 Å². The maximum Gasteiger partial charge on any atom is 0.337 e. The molecule has 0 aliphatic heterocycles. The molecular weight excluding hydrogens is 296 g/mol. The van der Waals surface area contributed by atoms with E-state index in [0.29, 0.717) is 0 Å². The van der Waals surface area contributed by atoms with Crippen molar-refractivity contribution in [2.24, 2.45) is 0 Å². The molecule has 0 saturated carbocycles. The van der Waals surface area contributed by atoms with Crippen molar-refractivity contribution in [2.75, 3.05) is 10.9 Å². The highest BCUT2D eigenvalue weighted by Gasteiger charge is 2.15. The predicted molar refractivity (Wildman–Crippen MR) is 76.9 cm³/mol. The molecule has 4 N–H and O–H groups in total. The van der Waals surface area contributed by atoms with Gasteiger partial charge in [-0.25, -0.2) is 4.79 Å². The molecule has 0 heterocycles. The number of rotatable bonds is 5. The first-order valence-corrected chi connectivity index (χ1v) is 7.24. The van der Waals surface area contributed by atoms with Crippen LogP contribution in [0.1, 0.15) is 10.4 Å². The quantitative estimate of drug-likeness (QED) is 0.493. The molecule has 0 saturated heterocycles. The number of para-hydroxylation sites is 2. The monoisotopic (exact) mass is 308 g/mol. The van der Waals surface area contributed by atoms with Gasteiger partial charge in [0.25, 0.3) is 10.1 Å².